The monoisotopic (exact) mass is 562 g/mol. The van der Waals surface area contributed by atoms with Crippen molar-refractivity contribution in [3.8, 4) is 0 Å². The molecular formula is C25H33Cl3N2O4S. The van der Waals surface area contributed by atoms with Crippen molar-refractivity contribution in [2.75, 3.05) is 12.3 Å². The smallest absolute Gasteiger partial charge is 0.253 e. The van der Waals surface area contributed by atoms with Crippen LogP contribution in [0.2, 0.25) is 10.0 Å². The molecule has 2 aromatic carbocycles. The summed E-state index contributed by atoms with van der Waals surface area (Å²) < 4.78 is 31.7. The lowest BCUT2D eigenvalue weighted by Gasteiger charge is -2.48. The van der Waals surface area contributed by atoms with Gasteiger partial charge in [-0.05, 0) is 62.6 Å². The van der Waals surface area contributed by atoms with Crippen LogP contribution in [0.4, 0.5) is 0 Å². The first-order valence-electron chi connectivity index (χ1n) is 11.3. The highest BCUT2D eigenvalue weighted by atomic mass is 35.5. The third-order valence-corrected chi connectivity index (χ3v) is 9.42. The number of halogens is 3. The maximum Gasteiger partial charge on any atom is 0.253 e. The van der Waals surface area contributed by atoms with E-state index in [1.807, 2.05) is 31.2 Å². The number of rotatable bonds is 7. The van der Waals surface area contributed by atoms with Crippen molar-refractivity contribution in [3.63, 3.8) is 0 Å². The van der Waals surface area contributed by atoms with Crippen LogP contribution < -0.4 is 5.73 Å². The Labute approximate surface area is 224 Å². The quantitative estimate of drug-likeness (QED) is 0.489. The molecule has 1 saturated heterocycles. The number of carbonyl (C=O) groups excluding carboxylic acids is 1. The number of hydrogen-bond donors (Lipinski definition) is 1. The highest BCUT2D eigenvalue weighted by molar-refractivity contribution is 7.92. The molecule has 194 valence electrons. The highest BCUT2D eigenvalue weighted by Crippen LogP contribution is 2.44. The number of morpholine rings is 1. The SMILES string of the molecule is CC[C@@H](CS(=O)(=O)C(C)(C)C)N1C(=O)[C@H](CN)O[C@H](c2cccc(Cl)c2)[C@H]1c1ccc(Cl)cc1.Cl. The van der Waals surface area contributed by atoms with Gasteiger partial charge >= 0.3 is 0 Å². The van der Waals surface area contributed by atoms with Crippen molar-refractivity contribution in [2.24, 2.45) is 5.73 Å². The second kappa shape index (κ2) is 11.8. The van der Waals surface area contributed by atoms with Gasteiger partial charge in [0.25, 0.3) is 5.91 Å². The van der Waals surface area contributed by atoms with Crippen LogP contribution in [0.1, 0.15) is 57.4 Å². The Morgan fingerprint density at radius 2 is 1.69 bits per heavy atom. The first kappa shape index (κ1) is 29.9. The van der Waals surface area contributed by atoms with Gasteiger partial charge in [0, 0.05) is 22.6 Å². The molecule has 0 aliphatic carbocycles. The van der Waals surface area contributed by atoms with Gasteiger partial charge in [0.1, 0.15) is 12.2 Å². The fraction of sp³-hybridized carbons (Fsp3) is 0.480. The van der Waals surface area contributed by atoms with Crippen LogP contribution in [0.15, 0.2) is 48.5 Å². The number of sulfone groups is 1. The lowest BCUT2D eigenvalue weighted by molar-refractivity contribution is -0.177. The largest absolute Gasteiger partial charge is 0.357 e. The van der Waals surface area contributed by atoms with Crippen LogP contribution in [0, 0.1) is 0 Å². The van der Waals surface area contributed by atoms with E-state index in [-0.39, 0.29) is 30.6 Å². The van der Waals surface area contributed by atoms with Crippen molar-refractivity contribution in [1.82, 2.24) is 4.90 Å². The molecule has 10 heteroatoms. The number of ether oxygens (including phenoxy) is 1. The number of nitrogens with zero attached hydrogens (tertiary/aromatic N) is 1. The highest BCUT2D eigenvalue weighted by Gasteiger charge is 2.47. The summed E-state index contributed by atoms with van der Waals surface area (Å²) >= 11 is 12.4. The Bertz CT molecular complexity index is 1120. The molecule has 1 fully saturated rings. The van der Waals surface area contributed by atoms with E-state index in [1.165, 1.54) is 0 Å². The second-order valence-corrected chi connectivity index (χ2v) is 13.2. The minimum Gasteiger partial charge on any atom is -0.357 e. The van der Waals surface area contributed by atoms with Crippen molar-refractivity contribution in [3.05, 3.63) is 69.7 Å². The molecular weight excluding hydrogens is 531 g/mol. The molecule has 1 aliphatic rings. The molecule has 35 heavy (non-hydrogen) atoms. The molecule has 1 aliphatic heterocycles. The zero-order valence-electron chi connectivity index (χ0n) is 20.3. The van der Waals surface area contributed by atoms with Crippen molar-refractivity contribution >= 4 is 51.4 Å². The first-order valence-corrected chi connectivity index (χ1v) is 13.7. The summed E-state index contributed by atoms with van der Waals surface area (Å²) in [4.78, 5) is 15.3. The summed E-state index contributed by atoms with van der Waals surface area (Å²) in [5, 5.41) is 1.09. The number of nitrogens with two attached hydrogens (primary N) is 1. The van der Waals surface area contributed by atoms with E-state index in [1.54, 1.807) is 49.9 Å². The molecule has 1 amide bonds. The lowest BCUT2D eigenvalue weighted by Crippen LogP contribution is -2.58. The fourth-order valence-corrected chi connectivity index (χ4v) is 5.89. The van der Waals surface area contributed by atoms with E-state index in [0.717, 1.165) is 11.1 Å². The van der Waals surface area contributed by atoms with E-state index >= 15 is 0 Å². The molecule has 1 heterocycles. The normalized spacial score (nSPS) is 22.0. The number of carbonyl (C=O) groups is 1. The molecule has 0 radical (unpaired) electrons. The molecule has 0 unspecified atom stereocenters. The van der Waals surface area contributed by atoms with Crippen LogP contribution in [0.3, 0.4) is 0 Å². The minimum atomic E-state index is -3.52. The Morgan fingerprint density at radius 1 is 1.06 bits per heavy atom. The lowest BCUT2D eigenvalue weighted by atomic mass is 9.90. The summed E-state index contributed by atoms with van der Waals surface area (Å²) in [5.74, 6) is -0.487. The molecule has 0 aromatic heterocycles. The van der Waals surface area contributed by atoms with Gasteiger partial charge in [0.15, 0.2) is 9.84 Å². The van der Waals surface area contributed by atoms with E-state index in [2.05, 4.69) is 0 Å². The Morgan fingerprint density at radius 3 is 2.20 bits per heavy atom. The molecule has 3 rings (SSSR count). The number of amides is 1. The summed E-state index contributed by atoms with van der Waals surface area (Å²) in [6, 6.07) is 13.3. The topological polar surface area (TPSA) is 89.7 Å². The van der Waals surface area contributed by atoms with Gasteiger partial charge in [-0.3, -0.25) is 4.79 Å². The fourth-order valence-electron chi connectivity index (χ4n) is 4.16. The van der Waals surface area contributed by atoms with E-state index < -0.39 is 38.9 Å². The van der Waals surface area contributed by atoms with Gasteiger partial charge in [0.2, 0.25) is 0 Å². The minimum absolute atomic E-state index is 0. The first-order chi connectivity index (χ1) is 15.9. The summed E-state index contributed by atoms with van der Waals surface area (Å²) in [5.41, 5.74) is 7.49. The van der Waals surface area contributed by atoms with Crippen molar-refractivity contribution < 1.29 is 17.9 Å². The van der Waals surface area contributed by atoms with Crippen molar-refractivity contribution in [1.29, 1.82) is 0 Å². The third kappa shape index (κ3) is 6.51. The predicted octanol–water partition coefficient (Wildman–Crippen LogP) is 5.38. The van der Waals surface area contributed by atoms with Crippen LogP contribution in [-0.4, -0.2) is 48.4 Å². The molecule has 0 saturated carbocycles. The van der Waals surface area contributed by atoms with Crippen LogP contribution in [0.25, 0.3) is 0 Å². The van der Waals surface area contributed by atoms with Gasteiger partial charge in [-0.1, -0.05) is 54.4 Å². The average molecular weight is 564 g/mol. The second-order valence-electron chi connectivity index (χ2n) is 9.53. The van der Waals surface area contributed by atoms with Crippen LogP contribution in [-0.2, 0) is 19.4 Å². The summed E-state index contributed by atoms with van der Waals surface area (Å²) in [7, 11) is -3.52. The maximum absolute atomic E-state index is 13.7. The molecule has 6 nitrogen and oxygen atoms in total. The molecule has 0 spiro atoms. The van der Waals surface area contributed by atoms with Crippen LogP contribution in [0.5, 0.6) is 0 Å². The summed E-state index contributed by atoms with van der Waals surface area (Å²) in [6.07, 6.45) is -1.05. The van der Waals surface area contributed by atoms with Crippen LogP contribution >= 0.6 is 35.6 Å². The summed E-state index contributed by atoms with van der Waals surface area (Å²) in [6.45, 7) is 6.87. The molecule has 2 aromatic rings. The van der Waals surface area contributed by atoms with Gasteiger partial charge < -0.3 is 15.4 Å². The van der Waals surface area contributed by atoms with E-state index in [4.69, 9.17) is 33.7 Å². The van der Waals surface area contributed by atoms with Gasteiger partial charge in [-0.25, -0.2) is 8.42 Å². The predicted molar refractivity (Wildman–Crippen MR) is 144 cm³/mol. The Kier molecular flexibility index (Phi) is 10.1. The van der Waals surface area contributed by atoms with Gasteiger partial charge in [-0.15, -0.1) is 12.4 Å². The molecule has 2 N–H and O–H groups in total. The average Bonchev–Trinajstić information content (AvgIpc) is 2.77. The zero-order valence-corrected chi connectivity index (χ0v) is 23.4. The van der Waals surface area contributed by atoms with Gasteiger partial charge in [-0.2, -0.15) is 0 Å². The number of benzene rings is 2. The standard InChI is InChI=1S/C25H32Cl2N2O4S.ClH/c1-5-20(15-34(31,32)25(2,3)4)29-22(16-9-11-18(26)12-10-16)23(33-21(14-28)24(29)30)17-7-6-8-19(27)13-17;/h6-13,20-23H,5,14-15,28H2,1-4H3;1H/t20-,21-,22+,23+;/m0./s1. The Balaban J connectivity index is 0.00000432. The molecule has 0 bridgehead atoms. The number of hydrogen-bond acceptors (Lipinski definition) is 5. The van der Waals surface area contributed by atoms with E-state index in [0.29, 0.717) is 16.5 Å². The van der Waals surface area contributed by atoms with E-state index in [9.17, 15) is 13.2 Å². The maximum atomic E-state index is 13.7. The third-order valence-electron chi connectivity index (χ3n) is 6.24. The van der Waals surface area contributed by atoms with Crippen molar-refractivity contribution in [2.45, 2.75) is 63.2 Å². The molecule has 4 atom stereocenters. The van der Waals surface area contributed by atoms with Gasteiger partial charge in [0.05, 0.1) is 16.5 Å². The Hall–Kier alpha value is -1.35. The zero-order chi connectivity index (χ0) is 25.3.